The van der Waals surface area contributed by atoms with E-state index in [4.69, 9.17) is 16.3 Å². The molecule has 0 saturated carbocycles. The second-order valence-corrected chi connectivity index (χ2v) is 5.89. The normalized spacial score (nSPS) is 11.9. The van der Waals surface area contributed by atoms with Crippen molar-refractivity contribution in [3.8, 4) is 0 Å². The maximum absolute atomic E-state index is 11.5. The van der Waals surface area contributed by atoms with E-state index in [1.54, 1.807) is 19.1 Å². The maximum atomic E-state index is 11.5. The van der Waals surface area contributed by atoms with Gasteiger partial charge in [-0.3, -0.25) is 0 Å². The Kier molecular flexibility index (Phi) is 5.04. The van der Waals surface area contributed by atoms with Crippen LogP contribution in [0.25, 0.3) is 0 Å². The summed E-state index contributed by atoms with van der Waals surface area (Å²) in [5, 5.41) is 5.40. The van der Waals surface area contributed by atoms with Crippen LogP contribution in [0.1, 0.15) is 35.8 Å². The average molecular weight is 310 g/mol. The van der Waals surface area contributed by atoms with Crippen LogP contribution in [0.3, 0.4) is 0 Å². The summed E-state index contributed by atoms with van der Waals surface area (Å²) < 4.78 is 5.73. The van der Waals surface area contributed by atoms with Crippen LogP contribution >= 0.6 is 22.9 Å². The van der Waals surface area contributed by atoms with Crippen LogP contribution in [-0.2, 0) is 4.74 Å². The van der Waals surface area contributed by atoms with E-state index in [2.05, 4.69) is 12.2 Å². The molecule has 3 nitrogen and oxygen atoms in total. The Morgan fingerprint density at radius 2 is 2.10 bits per heavy atom. The van der Waals surface area contributed by atoms with Crippen LogP contribution in [0.15, 0.2) is 35.7 Å². The predicted molar refractivity (Wildman–Crippen MR) is 83.8 cm³/mol. The lowest BCUT2D eigenvalue weighted by atomic mass is 10.1. The van der Waals surface area contributed by atoms with Crippen LogP contribution < -0.4 is 5.32 Å². The number of hydrogen-bond donors (Lipinski definition) is 1. The van der Waals surface area contributed by atoms with Gasteiger partial charge in [0.1, 0.15) is 0 Å². The summed E-state index contributed by atoms with van der Waals surface area (Å²) >= 11 is 7.45. The number of nitrogens with one attached hydrogen (secondary N) is 1. The molecule has 0 radical (unpaired) electrons. The average Bonchev–Trinajstić information content (AvgIpc) is 2.86. The molecule has 2 aromatic rings. The van der Waals surface area contributed by atoms with E-state index in [-0.39, 0.29) is 12.0 Å². The molecule has 106 valence electrons. The molecular weight excluding hydrogens is 294 g/mol. The van der Waals surface area contributed by atoms with Gasteiger partial charge in [0.15, 0.2) is 0 Å². The van der Waals surface area contributed by atoms with Crippen molar-refractivity contribution in [1.82, 2.24) is 0 Å². The minimum Gasteiger partial charge on any atom is -0.462 e. The third-order valence-corrected chi connectivity index (χ3v) is 3.98. The minimum atomic E-state index is -0.295. The van der Waals surface area contributed by atoms with Gasteiger partial charge in [-0.1, -0.05) is 11.6 Å². The van der Waals surface area contributed by atoms with E-state index in [0.29, 0.717) is 12.2 Å². The van der Waals surface area contributed by atoms with Gasteiger partial charge < -0.3 is 10.1 Å². The van der Waals surface area contributed by atoms with Crippen LogP contribution in [-0.4, -0.2) is 12.6 Å². The number of carbonyl (C=O) groups excluding carboxylic acids is 1. The largest absolute Gasteiger partial charge is 0.462 e. The molecule has 1 N–H and O–H groups in total. The molecule has 0 aliphatic heterocycles. The van der Waals surface area contributed by atoms with Gasteiger partial charge in [0.2, 0.25) is 0 Å². The number of carbonyl (C=O) groups is 1. The first kappa shape index (κ1) is 14.9. The Morgan fingerprint density at radius 1 is 1.40 bits per heavy atom. The first-order valence-corrected chi connectivity index (χ1v) is 7.63. The smallest absolute Gasteiger partial charge is 0.338 e. The maximum Gasteiger partial charge on any atom is 0.338 e. The Balaban J connectivity index is 2.01. The molecule has 1 aromatic heterocycles. The SMILES string of the molecule is CCOC(=O)c1ccc(NC(C)c2csc(Cl)c2)cc1. The summed E-state index contributed by atoms with van der Waals surface area (Å²) in [6, 6.07) is 9.37. The van der Waals surface area contributed by atoms with Crippen molar-refractivity contribution < 1.29 is 9.53 Å². The lowest BCUT2D eigenvalue weighted by Gasteiger charge is -2.14. The van der Waals surface area contributed by atoms with Crippen LogP contribution in [0.2, 0.25) is 4.34 Å². The lowest BCUT2D eigenvalue weighted by molar-refractivity contribution is 0.0526. The Hall–Kier alpha value is -1.52. The second kappa shape index (κ2) is 6.77. The fourth-order valence-corrected chi connectivity index (χ4v) is 2.79. The highest BCUT2D eigenvalue weighted by Gasteiger charge is 2.09. The highest BCUT2D eigenvalue weighted by molar-refractivity contribution is 7.14. The number of rotatable bonds is 5. The number of hydrogen-bond acceptors (Lipinski definition) is 4. The highest BCUT2D eigenvalue weighted by Crippen LogP contribution is 2.27. The zero-order chi connectivity index (χ0) is 14.5. The monoisotopic (exact) mass is 309 g/mol. The van der Waals surface area contributed by atoms with Crippen molar-refractivity contribution in [2.75, 3.05) is 11.9 Å². The summed E-state index contributed by atoms with van der Waals surface area (Å²) in [6.45, 7) is 4.24. The molecule has 20 heavy (non-hydrogen) atoms. The molecule has 5 heteroatoms. The van der Waals surface area contributed by atoms with Gasteiger partial charge in [0.25, 0.3) is 0 Å². The summed E-state index contributed by atoms with van der Waals surface area (Å²) in [6.07, 6.45) is 0. The number of esters is 1. The number of halogens is 1. The van der Waals surface area contributed by atoms with Crippen molar-refractivity contribution in [1.29, 1.82) is 0 Å². The fraction of sp³-hybridized carbons (Fsp3) is 0.267. The molecule has 0 fully saturated rings. The van der Waals surface area contributed by atoms with E-state index >= 15 is 0 Å². The lowest BCUT2D eigenvalue weighted by Crippen LogP contribution is -2.07. The summed E-state index contributed by atoms with van der Waals surface area (Å²) in [4.78, 5) is 11.5. The predicted octanol–water partition coefficient (Wildman–Crippen LogP) is 4.75. The molecule has 0 bridgehead atoms. The number of benzene rings is 1. The highest BCUT2D eigenvalue weighted by atomic mass is 35.5. The topological polar surface area (TPSA) is 38.3 Å². The molecule has 1 aromatic carbocycles. The van der Waals surface area contributed by atoms with Crippen molar-refractivity contribution in [2.45, 2.75) is 19.9 Å². The Labute approximate surface area is 127 Å². The zero-order valence-corrected chi connectivity index (χ0v) is 12.9. The van der Waals surface area contributed by atoms with Gasteiger partial charge in [0, 0.05) is 11.7 Å². The number of thiophene rings is 1. The summed E-state index contributed by atoms with van der Waals surface area (Å²) in [7, 11) is 0. The van der Waals surface area contributed by atoms with Gasteiger partial charge in [0.05, 0.1) is 16.5 Å². The molecule has 0 spiro atoms. The minimum absolute atomic E-state index is 0.159. The molecule has 1 unspecified atom stereocenters. The van der Waals surface area contributed by atoms with Crippen molar-refractivity contribution in [3.05, 3.63) is 51.2 Å². The van der Waals surface area contributed by atoms with E-state index in [1.807, 2.05) is 23.6 Å². The van der Waals surface area contributed by atoms with E-state index < -0.39 is 0 Å². The van der Waals surface area contributed by atoms with Crippen LogP contribution in [0.4, 0.5) is 5.69 Å². The van der Waals surface area contributed by atoms with Crippen molar-refractivity contribution in [3.63, 3.8) is 0 Å². The standard InChI is InChI=1S/C15H16ClNO2S/c1-3-19-15(18)11-4-6-13(7-5-11)17-10(2)12-8-14(16)20-9-12/h4-10,17H,3H2,1-2H3. The third kappa shape index (κ3) is 3.74. The molecule has 2 rings (SSSR count). The van der Waals surface area contributed by atoms with Gasteiger partial charge >= 0.3 is 5.97 Å². The molecule has 1 heterocycles. The van der Waals surface area contributed by atoms with Gasteiger partial charge in [-0.25, -0.2) is 4.79 Å². The Bertz CT molecular complexity index is 580. The summed E-state index contributed by atoms with van der Waals surface area (Å²) in [5.41, 5.74) is 2.66. The van der Waals surface area contributed by atoms with Gasteiger partial charge in [-0.15, -0.1) is 11.3 Å². The fourth-order valence-electron chi connectivity index (χ4n) is 1.80. The number of ether oxygens (including phenoxy) is 1. The molecule has 0 saturated heterocycles. The quantitative estimate of drug-likeness (QED) is 0.810. The van der Waals surface area contributed by atoms with Crippen LogP contribution in [0, 0.1) is 0 Å². The summed E-state index contributed by atoms with van der Waals surface area (Å²) in [5.74, 6) is -0.295. The molecule has 0 amide bonds. The second-order valence-electron chi connectivity index (χ2n) is 4.35. The zero-order valence-electron chi connectivity index (χ0n) is 11.4. The molecular formula is C15H16ClNO2S. The first-order valence-electron chi connectivity index (χ1n) is 6.37. The van der Waals surface area contributed by atoms with E-state index in [1.165, 1.54) is 11.3 Å². The molecule has 1 atom stereocenters. The third-order valence-electron chi connectivity index (χ3n) is 2.87. The molecule has 0 aliphatic rings. The van der Waals surface area contributed by atoms with E-state index in [9.17, 15) is 4.79 Å². The van der Waals surface area contributed by atoms with Crippen molar-refractivity contribution in [2.24, 2.45) is 0 Å². The number of anilines is 1. The first-order chi connectivity index (χ1) is 9.60. The Morgan fingerprint density at radius 3 is 2.65 bits per heavy atom. The van der Waals surface area contributed by atoms with E-state index in [0.717, 1.165) is 15.6 Å². The van der Waals surface area contributed by atoms with Crippen molar-refractivity contribution >= 4 is 34.6 Å². The van der Waals surface area contributed by atoms with Crippen LogP contribution in [0.5, 0.6) is 0 Å². The van der Waals surface area contributed by atoms with Gasteiger partial charge in [-0.2, -0.15) is 0 Å². The van der Waals surface area contributed by atoms with Gasteiger partial charge in [-0.05, 0) is 55.1 Å². The molecule has 0 aliphatic carbocycles.